The number of hydrogen-bond donors (Lipinski definition) is 1. The van der Waals surface area contributed by atoms with Gasteiger partial charge in [-0.1, -0.05) is 0 Å². The molecular weight excluding hydrogens is 376 g/mol. The summed E-state index contributed by atoms with van der Waals surface area (Å²) < 4.78 is 12.1. The fourth-order valence-electron chi connectivity index (χ4n) is 3.44. The van der Waals surface area contributed by atoms with Crippen LogP contribution in [0.3, 0.4) is 0 Å². The van der Waals surface area contributed by atoms with Crippen LogP contribution in [0.2, 0.25) is 0 Å². The molecule has 3 amide bonds. The van der Waals surface area contributed by atoms with E-state index in [1.54, 1.807) is 54.2 Å². The zero-order valence-electron chi connectivity index (χ0n) is 16.3. The zero-order chi connectivity index (χ0) is 20.5. The number of aromatic nitrogens is 1. The van der Waals surface area contributed by atoms with Gasteiger partial charge in [0.15, 0.2) is 11.5 Å². The van der Waals surface area contributed by atoms with Gasteiger partial charge >= 0.3 is 6.03 Å². The fraction of sp³-hybridized carbons (Fsp3) is 0.350. The number of pyridine rings is 1. The van der Waals surface area contributed by atoms with E-state index in [1.165, 1.54) is 4.57 Å². The van der Waals surface area contributed by atoms with Crippen LogP contribution in [0.4, 0.5) is 4.79 Å². The van der Waals surface area contributed by atoms with Crippen LogP contribution in [0.15, 0.2) is 35.3 Å². The highest BCUT2D eigenvalue weighted by Gasteiger charge is 2.25. The highest BCUT2D eigenvalue weighted by atomic mass is 16.7. The molecule has 1 fully saturated rings. The van der Waals surface area contributed by atoms with Crippen LogP contribution in [-0.4, -0.2) is 66.3 Å². The van der Waals surface area contributed by atoms with Gasteiger partial charge < -0.3 is 24.6 Å². The van der Waals surface area contributed by atoms with Gasteiger partial charge in [-0.25, -0.2) is 4.79 Å². The van der Waals surface area contributed by atoms with Crippen LogP contribution in [0.25, 0.3) is 5.69 Å². The summed E-state index contributed by atoms with van der Waals surface area (Å²) >= 11 is 0. The summed E-state index contributed by atoms with van der Waals surface area (Å²) in [5, 5.41) is 2.75. The summed E-state index contributed by atoms with van der Waals surface area (Å²) in [6.45, 7) is 3.84. The lowest BCUT2D eigenvalue weighted by molar-refractivity contribution is 0.0947. The summed E-state index contributed by atoms with van der Waals surface area (Å²) in [6, 6.07) is 6.84. The highest BCUT2D eigenvalue weighted by molar-refractivity contribution is 5.95. The molecule has 0 unspecified atom stereocenters. The third-order valence-corrected chi connectivity index (χ3v) is 5.13. The minimum absolute atomic E-state index is 0.0553. The number of likely N-dealkylation sites (N-methyl/N-ethyl adjacent to an activating group) is 1. The second-order valence-electron chi connectivity index (χ2n) is 7.03. The fourth-order valence-corrected chi connectivity index (χ4v) is 3.44. The molecule has 0 bridgehead atoms. The Bertz CT molecular complexity index is 1030. The summed E-state index contributed by atoms with van der Waals surface area (Å²) in [7, 11) is 1.74. The van der Waals surface area contributed by atoms with Crippen molar-refractivity contribution in [2.75, 3.05) is 40.0 Å². The molecule has 9 nitrogen and oxygen atoms in total. The standard InChI is InChI=1S/C20H22N4O5/c1-13-5-7-24(14-3-4-15-16(11-14)29-12-28-15)19(26)17(13)18(25)21-6-8-23-10-9-22(2)20(23)27/h3-5,7,11H,6,8-10,12H2,1-2H3,(H,21,25). The number of urea groups is 1. The number of benzene rings is 1. The van der Waals surface area contributed by atoms with E-state index in [4.69, 9.17) is 9.47 Å². The van der Waals surface area contributed by atoms with E-state index in [2.05, 4.69) is 5.32 Å². The van der Waals surface area contributed by atoms with E-state index < -0.39 is 11.5 Å². The summed E-state index contributed by atoms with van der Waals surface area (Å²) in [5.74, 6) is 0.720. The summed E-state index contributed by atoms with van der Waals surface area (Å²) in [5.41, 5.74) is 0.828. The Hall–Kier alpha value is -3.49. The Labute approximate surface area is 167 Å². The average Bonchev–Trinajstić information content (AvgIpc) is 3.29. The Morgan fingerprint density at radius 2 is 1.93 bits per heavy atom. The number of fused-ring (bicyclic) bond motifs is 1. The van der Waals surface area contributed by atoms with Gasteiger partial charge in [-0.3, -0.25) is 14.2 Å². The second-order valence-corrected chi connectivity index (χ2v) is 7.03. The van der Waals surface area contributed by atoms with Crippen LogP contribution in [0.5, 0.6) is 11.5 Å². The Morgan fingerprint density at radius 3 is 2.69 bits per heavy atom. The number of amides is 3. The van der Waals surface area contributed by atoms with Crippen LogP contribution < -0.4 is 20.3 Å². The molecule has 0 radical (unpaired) electrons. The quantitative estimate of drug-likeness (QED) is 0.810. The Balaban J connectivity index is 1.51. The van der Waals surface area contributed by atoms with Crippen LogP contribution in [0.1, 0.15) is 15.9 Å². The molecule has 3 heterocycles. The molecular formula is C20H22N4O5. The van der Waals surface area contributed by atoms with Crippen LogP contribution in [-0.2, 0) is 0 Å². The smallest absolute Gasteiger partial charge is 0.319 e. The second kappa shape index (κ2) is 7.50. The van der Waals surface area contributed by atoms with E-state index in [1.807, 2.05) is 0 Å². The molecule has 2 aromatic rings. The maximum Gasteiger partial charge on any atom is 0.319 e. The SMILES string of the molecule is Cc1ccn(-c2ccc3c(c2)OCO3)c(=O)c1C(=O)NCCN1CCN(C)C1=O. The minimum Gasteiger partial charge on any atom is -0.454 e. The van der Waals surface area contributed by atoms with E-state index >= 15 is 0 Å². The summed E-state index contributed by atoms with van der Waals surface area (Å²) in [4.78, 5) is 40.9. The number of carbonyl (C=O) groups excluding carboxylic acids is 2. The van der Waals surface area contributed by atoms with Gasteiger partial charge in [-0.15, -0.1) is 0 Å². The predicted octanol–water partition coefficient (Wildman–Crippen LogP) is 0.972. The molecule has 29 heavy (non-hydrogen) atoms. The number of ether oxygens (including phenoxy) is 2. The van der Waals surface area contributed by atoms with Crippen molar-refractivity contribution in [1.29, 1.82) is 0 Å². The Morgan fingerprint density at radius 1 is 1.14 bits per heavy atom. The molecule has 0 saturated carbocycles. The maximum atomic E-state index is 13.0. The Kier molecular flexibility index (Phi) is 4.87. The van der Waals surface area contributed by atoms with E-state index in [0.717, 1.165) is 0 Å². The molecule has 152 valence electrons. The monoisotopic (exact) mass is 398 g/mol. The van der Waals surface area contributed by atoms with E-state index in [-0.39, 0.29) is 24.9 Å². The molecule has 2 aliphatic heterocycles. The molecule has 0 spiro atoms. The van der Waals surface area contributed by atoms with Crippen molar-refractivity contribution in [2.45, 2.75) is 6.92 Å². The molecule has 1 N–H and O–H groups in total. The average molecular weight is 398 g/mol. The molecule has 2 aliphatic rings. The number of carbonyl (C=O) groups is 2. The zero-order valence-corrected chi connectivity index (χ0v) is 16.3. The first-order chi connectivity index (χ1) is 14.0. The van der Waals surface area contributed by atoms with Gasteiger partial charge in [-0.05, 0) is 30.7 Å². The summed E-state index contributed by atoms with van der Waals surface area (Å²) in [6.07, 6.45) is 1.63. The molecule has 1 saturated heterocycles. The maximum absolute atomic E-state index is 13.0. The number of nitrogens with zero attached hydrogens (tertiary/aromatic N) is 3. The number of aryl methyl sites for hydroxylation is 1. The number of nitrogens with one attached hydrogen (secondary N) is 1. The lowest BCUT2D eigenvalue weighted by atomic mass is 10.1. The van der Waals surface area contributed by atoms with Crippen molar-refractivity contribution in [3.05, 3.63) is 51.9 Å². The van der Waals surface area contributed by atoms with Crippen molar-refractivity contribution >= 4 is 11.9 Å². The van der Waals surface area contributed by atoms with Crippen molar-refractivity contribution in [2.24, 2.45) is 0 Å². The van der Waals surface area contributed by atoms with Crippen molar-refractivity contribution < 1.29 is 19.1 Å². The van der Waals surface area contributed by atoms with Gasteiger partial charge in [0.1, 0.15) is 5.56 Å². The minimum atomic E-state index is -0.456. The first kappa shape index (κ1) is 18.9. The normalized spacial score (nSPS) is 15.2. The van der Waals surface area contributed by atoms with Gasteiger partial charge in [-0.2, -0.15) is 0 Å². The van der Waals surface area contributed by atoms with Crippen LogP contribution >= 0.6 is 0 Å². The molecule has 1 aromatic carbocycles. The van der Waals surface area contributed by atoms with Gasteiger partial charge in [0.05, 0.1) is 5.69 Å². The van der Waals surface area contributed by atoms with Gasteiger partial charge in [0.25, 0.3) is 11.5 Å². The van der Waals surface area contributed by atoms with Gasteiger partial charge in [0.2, 0.25) is 6.79 Å². The van der Waals surface area contributed by atoms with Crippen molar-refractivity contribution in [3.63, 3.8) is 0 Å². The highest BCUT2D eigenvalue weighted by Crippen LogP contribution is 2.33. The lowest BCUT2D eigenvalue weighted by Crippen LogP contribution is -2.39. The predicted molar refractivity (Wildman–Crippen MR) is 105 cm³/mol. The molecule has 9 heteroatoms. The first-order valence-electron chi connectivity index (χ1n) is 9.36. The molecule has 4 rings (SSSR count). The third-order valence-electron chi connectivity index (χ3n) is 5.13. The topological polar surface area (TPSA) is 93.1 Å². The van der Waals surface area contributed by atoms with Crippen molar-refractivity contribution in [1.82, 2.24) is 19.7 Å². The third kappa shape index (κ3) is 3.51. The molecule has 0 atom stereocenters. The first-order valence-corrected chi connectivity index (χ1v) is 9.36. The van der Waals surface area contributed by atoms with Gasteiger partial charge in [0, 0.05) is 45.5 Å². The van der Waals surface area contributed by atoms with E-state index in [0.29, 0.717) is 42.4 Å². The lowest BCUT2D eigenvalue weighted by Gasteiger charge is -2.16. The van der Waals surface area contributed by atoms with Crippen molar-refractivity contribution in [3.8, 4) is 17.2 Å². The number of rotatable bonds is 5. The van der Waals surface area contributed by atoms with E-state index in [9.17, 15) is 14.4 Å². The largest absolute Gasteiger partial charge is 0.454 e. The molecule has 1 aromatic heterocycles. The molecule has 0 aliphatic carbocycles. The van der Waals surface area contributed by atoms with Crippen LogP contribution in [0, 0.1) is 6.92 Å². The number of hydrogen-bond acceptors (Lipinski definition) is 5.